The average Bonchev–Trinajstić information content (AvgIpc) is 2.95. The lowest BCUT2D eigenvalue weighted by Gasteiger charge is -2.18. The van der Waals surface area contributed by atoms with Crippen LogP contribution in [0.3, 0.4) is 0 Å². The van der Waals surface area contributed by atoms with E-state index in [0.29, 0.717) is 5.69 Å². The number of rotatable bonds is 5. The maximum Gasteiger partial charge on any atom is 0.270 e. The zero-order valence-electron chi connectivity index (χ0n) is 12.5. The molecule has 4 nitrogen and oxygen atoms in total. The standard InChI is InChI=1S/C16H20FN3O/c1-4-14(12-5-7-13(17)8-6-12)19-16(21)15-9-10-18-20(15)11(2)3/h5-11,14H,4H2,1-3H3,(H,19,21). The van der Waals surface area contributed by atoms with Gasteiger partial charge in [-0.1, -0.05) is 19.1 Å². The maximum atomic E-state index is 13.0. The van der Waals surface area contributed by atoms with Crippen molar-refractivity contribution in [3.63, 3.8) is 0 Å². The molecule has 2 rings (SSSR count). The predicted molar refractivity (Wildman–Crippen MR) is 79.5 cm³/mol. The van der Waals surface area contributed by atoms with Crippen LogP contribution in [-0.2, 0) is 0 Å². The molecule has 0 saturated carbocycles. The first kappa shape index (κ1) is 15.2. The summed E-state index contributed by atoms with van der Waals surface area (Å²) in [4.78, 5) is 12.4. The highest BCUT2D eigenvalue weighted by Crippen LogP contribution is 2.18. The van der Waals surface area contributed by atoms with E-state index in [9.17, 15) is 9.18 Å². The average molecular weight is 289 g/mol. The van der Waals surface area contributed by atoms with Crippen molar-refractivity contribution in [2.24, 2.45) is 0 Å². The van der Waals surface area contributed by atoms with E-state index in [1.54, 1.807) is 29.1 Å². The molecule has 0 fully saturated rings. The lowest BCUT2D eigenvalue weighted by Crippen LogP contribution is -2.30. The molecule has 1 aromatic heterocycles. The third-order valence-electron chi connectivity index (χ3n) is 3.38. The summed E-state index contributed by atoms with van der Waals surface area (Å²) in [7, 11) is 0. The fourth-order valence-electron chi connectivity index (χ4n) is 2.25. The van der Waals surface area contributed by atoms with Crippen molar-refractivity contribution in [1.82, 2.24) is 15.1 Å². The second-order valence-corrected chi connectivity index (χ2v) is 5.24. The Labute approximate surface area is 124 Å². The molecule has 1 amide bonds. The maximum absolute atomic E-state index is 13.0. The van der Waals surface area contributed by atoms with E-state index in [0.717, 1.165) is 12.0 Å². The quantitative estimate of drug-likeness (QED) is 0.916. The Morgan fingerprint density at radius 3 is 2.52 bits per heavy atom. The molecule has 0 aliphatic carbocycles. The van der Waals surface area contributed by atoms with Gasteiger partial charge in [-0.15, -0.1) is 0 Å². The molecule has 5 heteroatoms. The third-order valence-corrected chi connectivity index (χ3v) is 3.38. The lowest BCUT2D eigenvalue weighted by atomic mass is 10.0. The number of halogens is 1. The summed E-state index contributed by atoms with van der Waals surface area (Å²) in [6.07, 6.45) is 2.35. The summed E-state index contributed by atoms with van der Waals surface area (Å²) in [6.45, 7) is 5.93. The summed E-state index contributed by atoms with van der Waals surface area (Å²) in [5, 5.41) is 7.14. The van der Waals surface area contributed by atoms with Crippen molar-refractivity contribution in [3.05, 3.63) is 53.6 Å². The van der Waals surface area contributed by atoms with Crippen LogP contribution in [0.5, 0.6) is 0 Å². The van der Waals surface area contributed by atoms with E-state index in [-0.39, 0.29) is 23.8 Å². The molecule has 1 N–H and O–H groups in total. The summed E-state index contributed by atoms with van der Waals surface area (Å²) in [5.41, 5.74) is 1.42. The highest BCUT2D eigenvalue weighted by Gasteiger charge is 2.18. The van der Waals surface area contributed by atoms with Gasteiger partial charge in [-0.3, -0.25) is 9.48 Å². The van der Waals surface area contributed by atoms with Gasteiger partial charge in [0.2, 0.25) is 0 Å². The molecule has 1 atom stereocenters. The Morgan fingerprint density at radius 2 is 1.95 bits per heavy atom. The van der Waals surface area contributed by atoms with Gasteiger partial charge in [-0.2, -0.15) is 5.10 Å². The number of carbonyl (C=O) groups is 1. The molecule has 1 unspecified atom stereocenters. The Balaban J connectivity index is 2.16. The minimum absolute atomic E-state index is 0.117. The monoisotopic (exact) mass is 289 g/mol. The van der Waals surface area contributed by atoms with E-state index >= 15 is 0 Å². The van der Waals surface area contributed by atoms with Crippen LogP contribution in [0.1, 0.15) is 55.3 Å². The van der Waals surface area contributed by atoms with E-state index in [1.807, 2.05) is 20.8 Å². The molecule has 0 aliphatic heterocycles. The van der Waals surface area contributed by atoms with Crippen molar-refractivity contribution in [2.45, 2.75) is 39.3 Å². The molecule has 0 saturated heterocycles. The number of aromatic nitrogens is 2. The van der Waals surface area contributed by atoms with Crippen LogP contribution in [0.25, 0.3) is 0 Å². The number of benzene rings is 1. The number of amides is 1. The van der Waals surface area contributed by atoms with Crippen molar-refractivity contribution >= 4 is 5.91 Å². The van der Waals surface area contributed by atoms with Crippen LogP contribution >= 0.6 is 0 Å². The number of hydrogen-bond donors (Lipinski definition) is 1. The first-order valence-corrected chi connectivity index (χ1v) is 7.12. The molecule has 1 heterocycles. The number of nitrogens with one attached hydrogen (secondary N) is 1. The first-order valence-electron chi connectivity index (χ1n) is 7.12. The topological polar surface area (TPSA) is 46.9 Å². The van der Waals surface area contributed by atoms with Gasteiger partial charge in [0.05, 0.1) is 6.04 Å². The fourth-order valence-corrected chi connectivity index (χ4v) is 2.25. The van der Waals surface area contributed by atoms with E-state index in [1.165, 1.54) is 12.1 Å². The summed E-state index contributed by atoms with van der Waals surface area (Å²) < 4.78 is 14.7. The van der Waals surface area contributed by atoms with Crippen LogP contribution < -0.4 is 5.32 Å². The van der Waals surface area contributed by atoms with Crippen molar-refractivity contribution in [2.75, 3.05) is 0 Å². The Morgan fingerprint density at radius 1 is 1.29 bits per heavy atom. The predicted octanol–water partition coefficient (Wildman–Crippen LogP) is 3.48. The van der Waals surface area contributed by atoms with Crippen LogP contribution in [0, 0.1) is 5.82 Å². The molecular weight excluding hydrogens is 269 g/mol. The Bertz CT molecular complexity index is 604. The Hall–Kier alpha value is -2.17. The van der Waals surface area contributed by atoms with Crippen LogP contribution in [0.4, 0.5) is 4.39 Å². The summed E-state index contributed by atoms with van der Waals surface area (Å²) in [6, 6.07) is 7.88. The second kappa shape index (κ2) is 6.52. The van der Waals surface area contributed by atoms with Crippen molar-refractivity contribution in [3.8, 4) is 0 Å². The first-order chi connectivity index (χ1) is 10.0. The van der Waals surface area contributed by atoms with Crippen LogP contribution in [0.15, 0.2) is 36.5 Å². The number of hydrogen-bond acceptors (Lipinski definition) is 2. The molecule has 0 bridgehead atoms. The third kappa shape index (κ3) is 3.48. The van der Waals surface area contributed by atoms with Gasteiger partial charge in [-0.25, -0.2) is 4.39 Å². The lowest BCUT2D eigenvalue weighted by molar-refractivity contribution is 0.0922. The summed E-state index contributed by atoms with van der Waals surface area (Å²) in [5.74, 6) is -0.449. The largest absolute Gasteiger partial charge is 0.344 e. The molecule has 1 aromatic carbocycles. The van der Waals surface area contributed by atoms with Gasteiger partial charge < -0.3 is 5.32 Å². The van der Waals surface area contributed by atoms with Crippen LogP contribution in [0.2, 0.25) is 0 Å². The molecule has 2 aromatic rings. The SMILES string of the molecule is CCC(NC(=O)c1ccnn1C(C)C)c1ccc(F)cc1. The molecule has 0 aliphatic rings. The minimum Gasteiger partial charge on any atom is -0.344 e. The van der Waals surface area contributed by atoms with Crippen molar-refractivity contribution < 1.29 is 9.18 Å². The van der Waals surface area contributed by atoms with Gasteiger partial charge in [0.25, 0.3) is 5.91 Å². The highest BCUT2D eigenvalue weighted by molar-refractivity contribution is 5.92. The van der Waals surface area contributed by atoms with Crippen LogP contribution in [-0.4, -0.2) is 15.7 Å². The van der Waals surface area contributed by atoms with Gasteiger partial charge >= 0.3 is 0 Å². The zero-order valence-corrected chi connectivity index (χ0v) is 12.5. The number of nitrogens with zero attached hydrogens (tertiary/aromatic N) is 2. The minimum atomic E-state index is -0.280. The van der Waals surface area contributed by atoms with E-state index < -0.39 is 0 Å². The fraction of sp³-hybridized carbons (Fsp3) is 0.375. The van der Waals surface area contributed by atoms with Gasteiger partial charge in [0, 0.05) is 12.2 Å². The second-order valence-electron chi connectivity index (χ2n) is 5.24. The molecule has 112 valence electrons. The normalized spacial score (nSPS) is 12.4. The van der Waals surface area contributed by atoms with Gasteiger partial charge in [-0.05, 0) is 44.0 Å². The zero-order chi connectivity index (χ0) is 15.4. The summed E-state index contributed by atoms with van der Waals surface area (Å²) >= 11 is 0. The van der Waals surface area contributed by atoms with E-state index in [4.69, 9.17) is 0 Å². The highest BCUT2D eigenvalue weighted by atomic mass is 19.1. The van der Waals surface area contributed by atoms with Gasteiger partial charge in [0.1, 0.15) is 11.5 Å². The van der Waals surface area contributed by atoms with Crippen molar-refractivity contribution in [1.29, 1.82) is 0 Å². The molecule has 0 spiro atoms. The molecule has 0 radical (unpaired) electrons. The number of carbonyl (C=O) groups excluding carboxylic acids is 1. The smallest absolute Gasteiger partial charge is 0.270 e. The van der Waals surface area contributed by atoms with Gasteiger partial charge in [0.15, 0.2) is 0 Å². The molecular formula is C16H20FN3O. The Kier molecular flexibility index (Phi) is 4.73. The van der Waals surface area contributed by atoms with E-state index in [2.05, 4.69) is 10.4 Å². The molecule has 21 heavy (non-hydrogen) atoms.